The van der Waals surface area contributed by atoms with E-state index in [1.807, 2.05) is 25.7 Å². The van der Waals surface area contributed by atoms with Crippen LogP contribution in [0.4, 0.5) is 4.79 Å². The van der Waals surface area contributed by atoms with Crippen LogP contribution in [0.15, 0.2) is 0 Å². The molecule has 0 aliphatic carbocycles. The summed E-state index contributed by atoms with van der Waals surface area (Å²) in [6, 6.07) is 0. The molecular formula is C13H24N2O2. The molecule has 0 aromatic rings. The van der Waals surface area contributed by atoms with Crippen molar-refractivity contribution in [3.05, 3.63) is 0 Å². The van der Waals surface area contributed by atoms with Gasteiger partial charge in [0.25, 0.3) is 0 Å². The van der Waals surface area contributed by atoms with E-state index in [-0.39, 0.29) is 6.09 Å². The molecule has 98 valence electrons. The van der Waals surface area contributed by atoms with Gasteiger partial charge in [0.15, 0.2) is 0 Å². The number of ether oxygens (including phenoxy) is 1. The van der Waals surface area contributed by atoms with Gasteiger partial charge in [-0.2, -0.15) is 0 Å². The molecule has 2 aliphatic rings. The van der Waals surface area contributed by atoms with Crippen LogP contribution < -0.4 is 5.32 Å². The molecule has 2 heterocycles. The maximum atomic E-state index is 12.0. The van der Waals surface area contributed by atoms with Crippen molar-refractivity contribution in [1.29, 1.82) is 0 Å². The van der Waals surface area contributed by atoms with Crippen LogP contribution in [0, 0.1) is 11.3 Å². The highest BCUT2D eigenvalue weighted by Crippen LogP contribution is 2.39. The van der Waals surface area contributed by atoms with Crippen LogP contribution in [0.1, 0.15) is 34.1 Å². The van der Waals surface area contributed by atoms with Crippen molar-refractivity contribution < 1.29 is 9.53 Å². The fraction of sp³-hybridized carbons (Fsp3) is 0.923. The number of piperidine rings is 1. The van der Waals surface area contributed by atoms with Crippen LogP contribution in [0.2, 0.25) is 0 Å². The summed E-state index contributed by atoms with van der Waals surface area (Å²) in [5.74, 6) is 0.560. The topological polar surface area (TPSA) is 41.6 Å². The molecule has 17 heavy (non-hydrogen) atoms. The van der Waals surface area contributed by atoms with E-state index in [9.17, 15) is 4.79 Å². The summed E-state index contributed by atoms with van der Waals surface area (Å²) in [4.78, 5) is 13.8. The Morgan fingerprint density at radius 2 is 2.06 bits per heavy atom. The fourth-order valence-electron chi connectivity index (χ4n) is 2.68. The predicted molar refractivity (Wildman–Crippen MR) is 66.9 cm³/mol. The second-order valence-electron chi connectivity index (χ2n) is 6.54. The first kappa shape index (κ1) is 12.7. The maximum Gasteiger partial charge on any atom is 0.410 e. The molecule has 0 aromatic carbocycles. The first-order chi connectivity index (χ1) is 7.82. The minimum Gasteiger partial charge on any atom is -0.444 e. The summed E-state index contributed by atoms with van der Waals surface area (Å²) in [7, 11) is 0. The third-order valence-corrected chi connectivity index (χ3v) is 4.03. The van der Waals surface area contributed by atoms with Crippen LogP contribution in [0.3, 0.4) is 0 Å². The Morgan fingerprint density at radius 3 is 2.47 bits per heavy atom. The lowest BCUT2D eigenvalue weighted by atomic mass is 9.67. The smallest absolute Gasteiger partial charge is 0.410 e. The Labute approximate surface area is 104 Å². The molecule has 2 rings (SSSR count). The third kappa shape index (κ3) is 2.57. The molecule has 0 aromatic heterocycles. The van der Waals surface area contributed by atoms with E-state index in [1.54, 1.807) is 0 Å². The largest absolute Gasteiger partial charge is 0.444 e. The average Bonchev–Trinajstić information content (AvgIpc) is 2.12. The first-order valence-corrected chi connectivity index (χ1v) is 6.51. The number of rotatable bonds is 0. The van der Waals surface area contributed by atoms with E-state index < -0.39 is 5.60 Å². The number of carbonyl (C=O) groups excluding carboxylic acids is 1. The zero-order valence-electron chi connectivity index (χ0n) is 11.4. The molecule has 4 heteroatoms. The number of nitrogens with zero attached hydrogens (tertiary/aromatic N) is 1. The highest BCUT2D eigenvalue weighted by Gasteiger charge is 2.46. The van der Waals surface area contributed by atoms with Gasteiger partial charge in [-0.25, -0.2) is 4.79 Å². The monoisotopic (exact) mass is 240 g/mol. The van der Waals surface area contributed by atoms with Crippen molar-refractivity contribution in [2.75, 3.05) is 26.2 Å². The highest BCUT2D eigenvalue weighted by molar-refractivity contribution is 5.68. The van der Waals surface area contributed by atoms with E-state index in [4.69, 9.17) is 4.74 Å². The molecule has 2 saturated heterocycles. The molecule has 2 aliphatic heterocycles. The quantitative estimate of drug-likeness (QED) is 0.702. The predicted octanol–water partition coefficient (Wildman–Crippen LogP) is 1.85. The lowest BCUT2D eigenvalue weighted by Gasteiger charge is -2.52. The molecule has 0 radical (unpaired) electrons. The fourth-order valence-corrected chi connectivity index (χ4v) is 2.68. The zero-order chi connectivity index (χ0) is 12.7. The number of nitrogens with one attached hydrogen (secondary N) is 1. The van der Waals surface area contributed by atoms with Gasteiger partial charge in [0, 0.05) is 31.6 Å². The van der Waals surface area contributed by atoms with Crippen LogP contribution >= 0.6 is 0 Å². The standard InChI is InChI=1S/C13H24N2O2/c1-10-7-15(11(16)17-12(2,3)4)6-5-13(10)8-14-9-13/h10,14H,5-9H2,1-4H3. The lowest BCUT2D eigenvalue weighted by molar-refractivity contribution is -0.0230. The molecule has 0 saturated carbocycles. The van der Waals surface area contributed by atoms with Crippen molar-refractivity contribution in [3.63, 3.8) is 0 Å². The molecule has 4 nitrogen and oxygen atoms in total. The van der Waals surface area contributed by atoms with Gasteiger partial charge in [-0.15, -0.1) is 0 Å². The van der Waals surface area contributed by atoms with Crippen molar-refractivity contribution in [3.8, 4) is 0 Å². The SMILES string of the molecule is CC1CN(C(=O)OC(C)(C)C)CCC12CNC2. The van der Waals surface area contributed by atoms with Gasteiger partial charge in [-0.1, -0.05) is 6.92 Å². The van der Waals surface area contributed by atoms with E-state index in [0.717, 1.165) is 32.6 Å². The van der Waals surface area contributed by atoms with Crippen LogP contribution in [-0.4, -0.2) is 42.8 Å². The van der Waals surface area contributed by atoms with Crippen LogP contribution in [-0.2, 0) is 4.74 Å². The second-order valence-corrected chi connectivity index (χ2v) is 6.54. The number of amides is 1. The average molecular weight is 240 g/mol. The number of carbonyl (C=O) groups is 1. The second kappa shape index (κ2) is 4.16. The van der Waals surface area contributed by atoms with Gasteiger partial charge in [0.2, 0.25) is 0 Å². The Kier molecular flexibility index (Phi) is 3.10. The molecule has 2 fully saturated rings. The zero-order valence-corrected chi connectivity index (χ0v) is 11.4. The Morgan fingerprint density at radius 1 is 1.41 bits per heavy atom. The van der Waals surface area contributed by atoms with Gasteiger partial charge in [-0.05, 0) is 33.1 Å². The Hall–Kier alpha value is -0.770. The Bertz CT molecular complexity index is 305. The third-order valence-electron chi connectivity index (χ3n) is 4.03. The minimum atomic E-state index is -0.395. The summed E-state index contributed by atoms with van der Waals surface area (Å²) in [5.41, 5.74) is 0.0476. The summed E-state index contributed by atoms with van der Waals surface area (Å²) >= 11 is 0. The van der Waals surface area contributed by atoms with Crippen molar-refractivity contribution in [1.82, 2.24) is 10.2 Å². The molecule has 1 spiro atoms. The van der Waals surface area contributed by atoms with Crippen molar-refractivity contribution in [2.45, 2.75) is 39.7 Å². The molecule has 1 unspecified atom stereocenters. The number of hydrogen-bond acceptors (Lipinski definition) is 3. The van der Waals surface area contributed by atoms with Gasteiger partial charge < -0.3 is 15.0 Å². The summed E-state index contributed by atoms with van der Waals surface area (Å²) in [5, 5.41) is 3.35. The first-order valence-electron chi connectivity index (χ1n) is 6.51. The van der Waals surface area contributed by atoms with E-state index >= 15 is 0 Å². The molecular weight excluding hydrogens is 216 g/mol. The summed E-state index contributed by atoms with van der Waals surface area (Å²) in [6.45, 7) is 11.9. The number of likely N-dealkylation sites (tertiary alicyclic amines) is 1. The molecule has 1 atom stereocenters. The maximum absolute atomic E-state index is 12.0. The van der Waals surface area contributed by atoms with Crippen molar-refractivity contribution in [2.24, 2.45) is 11.3 Å². The highest BCUT2D eigenvalue weighted by atomic mass is 16.6. The molecule has 1 N–H and O–H groups in total. The van der Waals surface area contributed by atoms with Gasteiger partial charge in [-0.3, -0.25) is 0 Å². The van der Waals surface area contributed by atoms with Crippen molar-refractivity contribution >= 4 is 6.09 Å². The number of hydrogen-bond donors (Lipinski definition) is 1. The van der Waals surface area contributed by atoms with E-state index in [0.29, 0.717) is 11.3 Å². The van der Waals surface area contributed by atoms with E-state index in [2.05, 4.69) is 12.2 Å². The van der Waals surface area contributed by atoms with E-state index in [1.165, 1.54) is 0 Å². The minimum absolute atomic E-state index is 0.161. The molecule has 0 bridgehead atoms. The Balaban J connectivity index is 1.91. The normalized spacial score (nSPS) is 27.8. The van der Waals surface area contributed by atoms with Gasteiger partial charge in [0.1, 0.15) is 5.60 Å². The van der Waals surface area contributed by atoms with Gasteiger partial charge in [0.05, 0.1) is 0 Å². The lowest BCUT2D eigenvalue weighted by Crippen LogP contribution is -2.63. The summed E-state index contributed by atoms with van der Waals surface area (Å²) in [6.07, 6.45) is 0.937. The van der Waals surface area contributed by atoms with Gasteiger partial charge >= 0.3 is 6.09 Å². The molecule has 1 amide bonds. The summed E-state index contributed by atoms with van der Waals surface area (Å²) < 4.78 is 5.42. The van der Waals surface area contributed by atoms with Crippen LogP contribution in [0.25, 0.3) is 0 Å². The van der Waals surface area contributed by atoms with Crippen LogP contribution in [0.5, 0.6) is 0 Å².